The molecule has 1 aliphatic rings. The summed E-state index contributed by atoms with van der Waals surface area (Å²) in [6.07, 6.45) is 0.0841. The summed E-state index contributed by atoms with van der Waals surface area (Å²) in [4.78, 5) is 43.1. The zero-order valence-electron chi connectivity index (χ0n) is 17.5. The molecule has 1 saturated heterocycles. The number of anilines is 1. The fraction of sp³-hybridized carbons (Fsp3) is 0.273. The Kier molecular flexibility index (Phi) is 7.30. The molecule has 1 N–H and O–H groups in total. The SMILES string of the molecule is CCN1C(=O)C[C@@H](C(=O)Nc2ccc(OC)cc2)SC1=Nc1ccc(C(=O)OC)cc1. The van der Waals surface area contributed by atoms with Crippen LogP contribution < -0.4 is 10.1 Å². The summed E-state index contributed by atoms with van der Waals surface area (Å²) in [5, 5.41) is 2.67. The van der Waals surface area contributed by atoms with E-state index in [0.29, 0.717) is 34.4 Å². The number of hydrogen-bond donors (Lipinski definition) is 1. The first kappa shape index (κ1) is 22.4. The summed E-state index contributed by atoms with van der Waals surface area (Å²) in [7, 11) is 2.89. The number of aliphatic imine (C=N–C) groups is 1. The van der Waals surface area contributed by atoms with Gasteiger partial charge >= 0.3 is 5.97 Å². The van der Waals surface area contributed by atoms with Crippen molar-refractivity contribution < 1.29 is 23.9 Å². The molecule has 1 heterocycles. The lowest BCUT2D eigenvalue weighted by atomic mass is 10.2. The van der Waals surface area contributed by atoms with Gasteiger partial charge in [-0.15, -0.1) is 0 Å². The van der Waals surface area contributed by atoms with Gasteiger partial charge < -0.3 is 14.8 Å². The van der Waals surface area contributed by atoms with Gasteiger partial charge in [-0.25, -0.2) is 9.79 Å². The highest BCUT2D eigenvalue weighted by Crippen LogP contribution is 2.30. The third-order valence-corrected chi connectivity index (χ3v) is 5.81. The number of amides is 2. The molecule has 0 saturated carbocycles. The molecule has 2 amide bonds. The highest BCUT2D eigenvalue weighted by molar-refractivity contribution is 8.15. The van der Waals surface area contributed by atoms with Crippen LogP contribution in [0.15, 0.2) is 53.5 Å². The Balaban J connectivity index is 1.77. The van der Waals surface area contributed by atoms with Gasteiger partial charge in [-0.05, 0) is 55.5 Å². The predicted octanol–water partition coefficient (Wildman–Crippen LogP) is 3.46. The molecule has 9 heteroatoms. The van der Waals surface area contributed by atoms with E-state index in [4.69, 9.17) is 9.47 Å². The second kappa shape index (κ2) is 10.1. The molecular formula is C22H23N3O5S. The maximum atomic E-state index is 12.8. The lowest BCUT2D eigenvalue weighted by Crippen LogP contribution is -2.45. The minimum atomic E-state index is -0.606. The molecule has 0 radical (unpaired) electrons. The van der Waals surface area contributed by atoms with Crippen LogP contribution >= 0.6 is 11.8 Å². The first-order valence-electron chi connectivity index (χ1n) is 9.64. The molecule has 1 fully saturated rings. The largest absolute Gasteiger partial charge is 0.497 e. The van der Waals surface area contributed by atoms with Gasteiger partial charge in [-0.3, -0.25) is 14.5 Å². The molecule has 2 aromatic carbocycles. The van der Waals surface area contributed by atoms with Gasteiger partial charge in [0.2, 0.25) is 11.8 Å². The summed E-state index contributed by atoms with van der Waals surface area (Å²) in [6, 6.07) is 13.5. The van der Waals surface area contributed by atoms with Crippen LogP contribution in [0.5, 0.6) is 5.75 Å². The zero-order valence-corrected chi connectivity index (χ0v) is 18.3. The van der Waals surface area contributed by atoms with E-state index in [2.05, 4.69) is 10.3 Å². The first-order chi connectivity index (χ1) is 14.9. The van der Waals surface area contributed by atoms with Crippen molar-refractivity contribution in [2.45, 2.75) is 18.6 Å². The lowest BCUT2D eigenvalue weighted by molar-refractivity contribution is -0.129. The van der Waals surface area contributed by atoms with E-state index in [1.54, 1.807) is 60.5 Å². The van der Waals surface area contributed by atoms with Crippen molar-refractivity contribution in [3.63, 3.8) is 0 Å². The maximum Gasteiger partial charge on any atom is 0.337 e. The summed E-state index contributed by atoms with van der Waals surface area (Å²) in [5.74, 6) is -0.188. The minimum Gasteiger partial charge on any atom is -0.497 e. The van der Waals surface area contributed by atoms with Gasteiger partial charge in [0.25, 0.3) is 0 Å². The number of carbonyl (C=O) groups is 3. The van der Waals surface area contributed by atoms with Gasteiger partial charge in [0.15, 0.2) is 5.17 Å². The molecule has 1 atom stereocenters. The van der Waals surface area contributed by atoms with Crippen molar-refractivity contribution in [1.29, 1.82) is 0 Å². The molecule has 1 aliphatic heterocycles. The molecule has 0 aliphatic carbocycles. The summed E-state index contributed by atoms with van der Waals surface area (Å²) in [6.45, 7) is 2.30. The van der Waals surface area contributed by atoms with Crippen LogP contribution in [0.25, 0.3) is 0 Å². The molecule has 162 valence electrons. The fourth-order valence-electron chi connectivity index (χ4n) is 2.95. The number of hydrogen-bond acceptors (Lipinski definition) is 7. The Morgan fingerprint density at radius 1 is 1.13 bits per heavy atom. The maximum absolute atomic E-state index is 12.8. The van der Waals surface area contributed by atoms with Gasteiger partial charge in [0.05, 0.1) is 25.5 Å². The smallest absolute Gasteiger partial charge is 0.337 e. The second-order valence-corrected chi connectivity index (χ2v) is 7.77. The van der Waals surface area contributed by atoms with Gasteiger partial charge in [-0.2, -0.15) is 0 Å². The molecule has 2 aromatic rings. The van der Waals surface area contributed by atoms with E-state index in [0.717, 1.165) is 0 Å². The van der Waals surface area contributed by atoms with E-state index < -0.39 is 11.2 Å². The van der Waals surface area contributed by atoms with Crippen molar-refractivity contribution in [3.05, 3.63) is 54.1 Å². The van der Waals surface area contributed by atoms with Crippen LogP contribution in [0.2, 0.25) is 0 Å². The number of carbonyl (C=O) groups excluding carboxylic acids is 3. The normalized spacial score (nSPS) is 17.4. The summed E-state index contributed by atoms with van der Waals surface area (Å²) >= 11 is 1.24. The van der Waals surface area contributed by atoms with Gasteiger partial charge in [0.1, 0.15) is 11.0 Å². The number of nitrogens with zero attached hydrogens (tertiary/aromatic N) is 2. The Hall–Kier alpha value is -3.33. The fourth-order valence-corrected chi connectivity index (χ4v) is 4.11. The number of amidine groups is 1. The second-order valence-electron chi connectivity index (χ2n) is 6.60. The number of methoxy groups -OCH3 is 2. The van der Waals surface area contributed by atoms with E-state index in [1.165, 1.54) is 18.9 Å². The van der Waals surface area contributed by atoms with Crippen molar-refractivity contribution in [2.24, 2.45) is 4.99 Å². The predicted molar refractivity (Wildman–Crippen MR) is 120 cm³/mol. The van der Waals surface area contributed by atoms with E-state index >= 15 is 0 Å². The van der Waals surface area contributed by atoms with Crippen LogP contribution in [0.1, 0.15) is 23.7 Å². The number of nitrogens with one attached hydrogen (secondary N) is 1. The summed E-state index contributed by atoms with van der Waals surface area (Å²) in [5.41, 5.74) is 1.59. The zero-order chi connectivity index (χ0) is 22.4. The van der Waals surface area contributed by atoms with Crippen LogP contribution in [0, 0.1) is 0 Å². The standard InChI is InChI=1S/C22H23N3O5S/c1-4-25-19(26)13-18(20(27)23-15-9-11-17(29-2)12-10-15)31-22(25)24-16-7-5-14(6-8-16)21(28)30-3/h5-12,18H,4,13H2,1-3H3,(H,23,27)/t18-/m0/s1. The summed E-state index contributed by atoms with van der Waals surface area (Å²) < 4.78 is 9.81. The van der Waals surface area contributed by atoms with Crippen molar-refractivity contribution in [1.82, 2.24) is 4.90 Å². The number of thioether (sulfide) groups is 1. The first-order valence-corrected chi connectivity index (χ1v) is 10.5. The van der Waals surface area contributed by atoms with Crippen LogP contribution in [-0.2, 0) is 14.3 Å². The topological polar surface area (TPSA) is 97.3 Å². The molecular weight excluding hydrogens is 418 g/mol. The van der Waals surface area contributed by atoms with E-state index in [-0.39, 0.29) is 18.2 Å². The van der Waals surface area contributed by atoms with Crippen LogP contribution in [-0.4, -0.2) is 53.9 Å². The number of rotatable bonds is 6. The number of benzene rings is 2. The Labute approximate surface area is 184 Å². The monoisotopic (exact) mass is 441 g/mol. The minimum absolute atomic E-state index is 0.0841. The van der Waals surface area contributed by atoms with E-state index in [1.807, 2.05) is 6.92 Å². The van der Waals surface area contributed by atoms with Crippen molar-refractivity contribution in [2.75, 3.05) is 26.1 Å². The van der Waals surface area contributed by atoms with Gasteiger partial charge in [0, 0.05) is 18.7 Å². The Bertz CT molecular complexity index is 989. The van der Waals surface area contributed by atoms with Crippen molar-refractivity contribution >= 4 is 46.1 Å². The van der Waals surface area contributed by atoms with E-state index in [9.17, 15) is 14.4 Å². The molecule has 0 aromatic heterocycles. The average Bonchev–Trinajstić information content (AvgIpc) is 2.79. The molecule has 0 unspecified atom stereocenters. The Morgan fingerprint density at radius 2 is 1.81 bits per heavy atom. The number of esters is 1. The lowest BCUT2D eigenvalue weighted by Gasteiger charge is -2.30. The average molecular weight is 442 g/mol. The van der Waals surface area contributed by atoms with Crippen LogP contribution in [0.3, 0.4) is 0 Å². The third kappa shape index (κ3) is 5.43. The third-order valence-electron chi connectivity index (χ3n) is 4.62. The van der Waals surface area contributed by atoms with Gasteiger partial charge in [-0.1, -0.05) is 11.8 Å². The molecule has 3 rings (SSSR count). The molecule has 31 heavy (non-hydrogen) atoms. The quantitative estimate of drug-likeness (QED) is 0.690. The molecule has 8 nitrogen and oxygen atoms in total. The highest BCUT2D eigenvalue weighted by Gasteiger charge is 2.35. The Morgan fingerprint density at radius 3 is 2.39 bits per heavy atom. The molecule has 0 bridgehead atoms. The molecule has 0 spiro atoms. The van der Waals surface area contributed by atoms with Crippen LogP contribution in [0.4, 0.5) is 11.4 Å². The van der Waals surface area contributed by atoms with Crippen molar-refractivity contribution in [3.8, 4) is 5.75 Å². The highest BCUT2D eigenvalue weighted by atomic mass is 32.2. The number of ether oxygens (including phenoxy) is 2.